The zero-order valence-electron chi connectivity index (χ0n) is 15.8. The van der Waals surface area contributed by atoms with Crippen molar-refractivity contribution in [3.05, 3.63) is 94.5 Å². The van der Waals surface area contributed by atoms with Crippen molar-refractivity contribution in [2.24, 2.45) is 0 Å². The first-order valence-electron chi connectivity index (χ1n) is 8.74. The number of sulfonamides is 1. The second-order valence-corrected chi connectivity index (χ2v) is 8.75. The molecule has 0 heterocycles. The number of carbonyl (C=O) groups is 1. The number of amides is 1. The van der Waals surface area contributed by atoms with Crippen LogP contribution >= 0.6 is 23.2 Å². The summed E-state index contributed by atoms with van der Waals surface area (Å²) >= 11 is 12.0. The van der Waals surface area contributed by atoms with Crippen molar-refractivity contribution >= 4 is 50.9 Å². The van der Waals surface area contributed by atoms with Gasteiger partial charge in [0, 0.05) is 11.1 Å². The maximum absolute atomic E-state index is 13.3. The van der Waals surface area contributed by atoms with Crippen molar-refractivity contribution in [3.8, 4) is 5.75 Å². The van der Waals surface area contributed by atoms with Crippen LogP contribution in [0, 0.1) is 0 Å². The third-order valence-corrected chi connectivity index (χ3v) is 6.43. The van der Waals surface area contributed by atoms with Gasteiger partial charge in [0.25, 0.3) is 15.9 Å². The van der Waals surface area contributed by atoms with Gasteiger partial charge in [-0.2, -0.15) is 4.31 Å². The molecule has 0 saturated heterocycles. The van der Waals surface area contributed by atoms with Crippen LogP contribution < -0.4 is 9.04 Å². The maximum atomic E-state index is 13.3. The fourth-order valence-electron chi connectivity index (χ4n) is 2.67. The zero-order valence-corrected chi connectivity index (χ0v) is 18.2. The zero-order chi connectivity index (χ0) is 21.7. The number of ether oxygens (including phenoxy) is 1. The summed E-state index contributed by atoms with van der Waals surface area (Å²) in [6, 6.07) is 18.8. The van der Waals surface area contributed by atoms with Crippen LogP contribution in [0.15, 0.2) is 83.8 Å². The van der Waals surface area contributed by atoms with E-state index in [0.29, 0.717) is 20.6 Å². The van der Waals surface area contributed by atoms with Gasteiger partial charge in [0.05, 0.1) is 22.7 Å². The van der Waals surface area contributed by atoms with Gasteiger partial charge in [-0.05, 0) is 54.1 Å². The minimum Gasteiger partial charge on any atom is -0.495 e. The number of hydrogen-bond donors (Lipinski definition) is 0. The molecule has 0 spiro atoms. The average Bonchev–Trinajstić information content (AvgIpc) is 2.74. The molecule has 0 atom stereocenters. The predicted molar refractivity (Wildman–Crippen MR) is 120 cm³/mol. The Morgan fingerprint density at radius 1 is 0.967 bits per heavy atom. The van der Waals surface area contributed by atoms with Crippen LogP contribution in [0.5, 0.6) is 5.75 Å². The minimum absolute atomic E-state index is 0.0230. The Balaban J connectivity index is 2.06. The van der Waals surface area contributed by atoms with Gasteiger partial charge in [-0.3, -0.25) is 4.79 Å². The lowest BCUT2D eigenvalue weighted by Gasteiger charge is -2.22. The standard InChI is InChI=1S/C22H17Cl2NO4S/c1-29-21-13-12-18(15-20(21)24)25(30(27,28)19-5-3-2-4-6-19)22(26)14-9-16-7-10-17(23)11-8-16/h2-15H,1H3/b14-9+. The van der Waals surface area contributed by atoms with Gasteiger partial charge in [0.15, 0.2) is 0 Å². The quantitative estimate of drug-likeness (QED) is 0.458. The number of carbonyl (C=O) groups excluding carboxylic acids is 1. The summed E-state index contributed by atoms with van der Waals surface area (Å²) in [4.78, 5) is 13.0. The largest absolute Gasteiger partial charge is 0.495 e. The molecule has 0 bridgehead atoms. The first kappa shape index (κ1) is 21.9. The average molecular weight is 462 g/mol. The van der Waals surface area contributed by atoms with Crippen molar-refractivity contribution < 1.29 is 17.9 Å². The van der Waals surface area contributed by atoms with E-state index in [9.17, 15) is 13.2 Å². The fraction of sp³-hybridized carbons (Fsp3) is 0.0455. The molecular weight excluding hydrogens is 445 g/mol. The molecule has 0 aliphatic carbocycles. The van der Waals surface area contributed by atoms with E-state index < -0.39 is 15.9 Å². The highest BCUT2D eigenvalue weighted by molar-refractivity contribution is 7.93. The van der Waals surface area contributed by atoms with Gasteiger partial charge >= 0.3 is 0 Å². The number of methoxy groups -OCH3 is 1. The molecule has 3 aromatic carbocycles. The Morgan fingerprint density at radius 2 is 1.63 bits per heavy atom. The Labute approximate surface area is 185 Å². The minimum atomic E-state index is -4.19. The monoisotopic (exact) mass is 461 g/mol. The molecule has 30 heavy (non-hydrogen) atoms. The molecular formula is C22H17Cl2NO4S. The van der Waals surface area contributed by atoms with Crippen LogP contribution in [0.25, 0.3) is 6.08 Å². The van der Waals surface area contributed by atoms with Gasteiger partial charge in [-0.25, -0.2) is 8.42 Å². The summed E-state index contributed by atoms with van der Waals surface area (Å²) in [7, 11) is -2.74. The Hall–Kier alpha value is -2.80. The number of halogens is 2. The molecule has 0 aromatic heterocycles. The van der Waals surface area contributed by atoms with Gasteiger partial charge in [0.2, 0.25) is 0 Å². The van der Waals surface area contributed by atoms with Gasteiger partial charge in [0.1, 0.15) is 5.75 Å². The van der Waals surface area contributed by atoms with E-state index in [1.807, 2.05) is 0 Å². The first-order chi connectivity index (χ1) is 14.3. The summed E-state index contributed by atoms with van der Waals surface area (Å²) in [5.41, 5.74) is 0.785. The van der Waals surface area contributed by atoms with Gasteiger partial charge in [-0.15, -0.1) is 0 Å². The summed E-state index contributed by atoms with van der Waals surface area (Å²) in [6.45, 7) is 0. The summed E-state index contributed by atoms with van der Waals surface area (Å²) in [5.74, 6) is -0.392. The van der Waals surface area contributed by atoms with E-state index in [2.05, 4.69) is 0 Å². The lowest BCUT2D eigenvalue weighted by Crippen LogP contribution is -2.35. The van der Waals surface area contributed by atoms with E-state index in [4.69, 9.17) is 27.9 Å². The van der Waals surface area contributed by atoms with E-state index >= 15 is 0 Å². The highest BCUT2D eigenvalue weighted by atomic mass is 35.5. The third-order valence-electron chi connectivity index (χ3n) is 4.14. The smallest absolute Gasteiger partial charge is 0.271 e. The van der Waals surface area contributed by atoms with E-state index in [-0.39, 0.29) is 15.6 Å². The normalized spacial score (nSPS) is 11.4. The van der Waals surface area contributed by atoms with E-state index in [0.717, 1.165) is 0 Å². The molecule has 0 unspecified atom stereocenters. The number of rotatable bonds is 6. The van der Waals surface area contributed by atoms with Crippen LogP contribution in [0.1, 0.15) is 5.56 Å². The topological polar surface area (TPSA) is 63.7 Å². The third kappa shape index (κ3) is 4.84. The summed E-state index contributed by atoms with van der Waals surface area (Å²) in [6.07, 6.45) is 2.69. The van der Waals surface area contributed by atoms with Crippen LogP contribution in [0.2, 0.25) is 10.0 Å². The Morgan fingerprint density at radius 3 is 2.23 bits per heavy atom. The lowest BCUT2D eigenvalue weighted by atomic mass is 10.2. The lowest BCUT2D eigenvalue weighted by molar-refractivity contribution is -0.113. The van der Waals surface area contributed by atoms with Crippen molar-refractivity contribution in [2.75, 3.05) is 11.4 Å². The summed E-state index contributed by atoms with van der Waals surface area (Å²) in [5, 5.41) is 0.734. The number of anilines is 1. The fourth-order valence-corrected chi connectivity index (χ4v) is 4.45. The van der Waals surface area contributed by atoms with Crippen molar-refractivity contribution in [2.45, 2.75) is 4.90 Å². The second-order valence-electron chi connectivity index (χ2n) is 6.12. The van der Waals surface area contributed by atoms with E-state index in [1.54, 1.807) is 42.5 Å². The Bertz CT molecular complexity index is 1180. The van der Waals surface area contributed by atoms with E-state index in [1.165, 1.54) is 49.6 Å². The molecule has 0 N–H and O–H groups in total. The second kappa shape index (κ2) is 9.34. The number of benzene rings is 3. The maximum Gasteiger partial charge on any atom is 0.271 e. The molecule has 154 valence electrons. The molecule has 0 saturated carbocycles. The highest BCUT2D eigenvalue weighted by Crippen LogP contribution is 2.32. The molecule has 8 heteroatoms. The molecule has 5 nitrogen and oxygen atoms in total. The van der Waals surface area contributed by atoms with Crippen molar-refractivity contribution in [3.63, 3.8) is 0 Å². The van der Waals surface area contributed by atoms with Gasteiger partial charge in [-0.1, -0.05) is 53.5 Å². The molecule has 3 rings (SSSR count). The van der Waals surface area contributed by atoms with Crippen LogP contribution in [-0.4, -0.2) is 21.4 Å². The van der Waals surface area contributed by atoms with Crippen molar-refractivity contribution in [1.82, 2.24) is 0 Å². The van der Waals surface area contributed by atoms with Crippen molar-refractivity contribution in [1.29, 1.82) is 0 Å². The predicted octanol–water partition coefficient (Wildman–Crippen LogP) is 5.44. The molecule has 0 radical (unpaired) electrons. The molecule has 1 amide bonds. The molecule has 3 aromatic rings. The molecule has 0 fully saturated rings. The summed E-state index contributed by atoms with van der Waals surface area (Å²) < 4.78 is 32.4. The molecule has 0 aliphatic rings. The number of hydrogen-bond acceptors (Lipinski definition) is 4. The van der Waals surface area contributed by atoms with Crippen LogP contribution in [0.4, 0.5) is 5.69 Å². The first-order valence-corrected chi connectivity index (χ1v) is 10.9. The Kier molecular flexibility index (Phi) is 6.82. The van der Waals surface area contributed by atoms with Crippen LogP contribution in [-0.2, 0) is 14.8 Å². The van der Waals surface area contributed by atoms with Crippen LogP contribution in [0.3, 0.4) is 0 Å². The number of nitrogens with zero attached hydrogens (tertiary/aromatic N) is 1. The van der Waals surface area contributed by atoms with Gasteiger partial charge < -0.3 is 4.74 Å². The molecule has 0 aliphatic heterocycles. The SMILES string of the molecule is COc1ccc(N(C(=O)/C=C/c2ccc(Cl)cc2)S(=O)(=O)c2ccccc2)cc1Cl. The highest BCUT2D eigenvalue weighted by Gasteiger charge is 2.30.